The number of carbonyl (C=O) groups excluding carboxylic acids is 1. The van der Waals surface area contributed by atoms with E-state index in [1.807, 2.05) is 12.1 Å². The van der Waals surface area contributed by atoms with Gasteiger partial charge in [0, 0.05) is 5.56 Å². The number of hydrogen-bond acceptors (Lipinski definition) is 3. The third kappa shape index (κ3) is 2.33. The fourth-order valence-corrected chi connectivity index (χ4v) is 2.67. The van der Waals surface area contributed by atoms with Crippen molar-refractivity contribution in [1.29, 1.82) is 0 Å². The highest BCUT2D eigenvalue weighted by Crippen LogP contribution is 2.25. The maximum absolute atomic E-state index is 12.0. The van der Waals surface area contributed by atoms with Crippen LogP contribution in [0.4, 0.5) is 0 Å². The number of carbonyl (C=O) groups is 1. The number of methoxy groups -OCH3 is 1. The van der Waals surface area contributed by atoms with Crippen LogP contribution in [0.5, 0.6) is 5.75 Å². The van der Waals surface area contributed by atoms with Gasteiger partial charge in [0.2, 0.25) is 5.78 Å². The van der Waals surface area contributed by atoms with E-state index in [1.165, 1.54) is 11.3 Å². The van der Waals surface area contributed by atoms with E-state index in [1.54, 1.807) is 31.4 Å². The van der Waals surface area contributed by atoms with Crippen molar-refractivity contribution in [2.45, 2.75) is 0 Å². The van der Waals surface area contributed by atoms with Crippen LogP contribution in [0, 0.1) is 0 Å². The van der Waals surface area contributed by atoms with E-state index >= 15 is 0 Å². The quantitative estimate of drug-likeness (QED) is 0.807. The Hall–Kier alpha value is -1.13. The van der Waals surface area contributed by atoms with Gasteiger partial charge < -0.3 is 4.74 Å². The second-order valence-electron chi connectivity index (χ2n) is 3.16. The average molecular weight is 297 g/mol. The second kappa shape index (κ2) is 4.80. The molecular formula is C12H9BrO2S. The predicted octanol–water partition coefficient (Wildman–Crippen LogP) is 3.75. The largest absolute Gasteiger partial charge is 0.497 e. The Bertz CT molecular complexity index is 502. The van der Waals surface area contributed by atoms with Crippen LogP contribution in [0.2, 0.25) is 0 Å². The second-order valence-corrected chi connectivity index (χ2v) is 5.62. The fraction of sp³-hybridized carbons (Fsp3) is 0.0833. The van der Waals surface area contributed by atoms with Gasteiger partial charge in [0.15, 0.2) is 0 Å². The molecule has 0 aliphatic carbocycles. The molecule has 4 heteroatoms. The van der Waals surface area contributed by atoms with Gasteiger partial charge in [0.25, 0.3) is 0 Å². The molecule has 0 aliphatic rings. The zero-order chi connectivity index (χ0) is 11.5. The molecule has 16 heavy (non-hydrogen) atoms. The molecule has 0 saturated carbocycles. The molecule has 82 valence electrons. The van der Waals surface area contributed by atoms with Crippen molar-refractivity contribution in [1.82, 2.24) is 0 Å². The van der Waals surface area contributed by atoms with E-state index in [-0.39, 0.29) is 5.78 Å². The standard InChI is InChI=1S/C12H9BrO2S/c1-15-9-4-2-8(3-5-9)12(14)10-6-7-11(13)16-10/h2-7H,1H3. The first kappa shape index (κ1) is 11.4. The summed E-state index contributed by atoms with van der Waals surface area (Å²) in [6, 6.07) is 10.8. The maximum atomic E-state index is 12.0. The van der Waals surface area contributed by atoms with E-state index in [4.69, 9.17) is 4.74 Å². The smallest absolute Gasteiger partial charge is 0.202 e. The van der Waals surface area contributed by atoms with Gasteiger partial charge in [-0.2, -0.15) is 0 Å². The van der Waals surface area contributed by atoms with E-state index in [9.17, 15) is 4.79 Å². The lowest BCUT2D eigenvalue weighted by Crippen LogP contribution is -1.97. The summed E-state index contributed by atoms with van der Waals surface area (Å²) in [7, 11) is 1.60. The summed E-state index contributed by atoms with van der Waals surface area (Å²) in [5.41, 5.74) is 0.676. The summed E-state index contributed by atoms with van der Waals surface area (Å²) in [5, 5.41) is 0. The van der Waals surface area contributed by atoms with Crippen LogP contribution < -0.4 is 4.74 Å². The lowest BCUT2D eigenvalue weighted by molar-refractivity contribution is 0.104. The maximum Gasteiger partial charge on any atom is 0.202 e. The molecule has 2 nitrogen and oxygen atoms in total. The molecule has 0 radical (unpaired) electrons. The zero-order valence-corrected chi connectivity index (χ0v) is 11.0. The Morgan fingerprint density at radius 3 is 2.38 bits per heavy atom. The van der Waals surface area contributed by atoms with Crippen LogP contribution in [-0.4, -0.2) is 12.9 Å². The van der Waals surface area contributed by atoms with Crippen molar-refractivity contribution in [3.8, 4) is 5.75 Å². The molecule has 0 fully saturated rings. The molecule has 1 aromatic heterocycles. The molecule has 0 unspecified atom stereocenters. The first-order valence-electron chi connectivity index (χ1n) is 4.65. The van der Waals surface area contributed by atoms with Crippen LogP contribution in [-0.2, 0) is 0 Å². The minimum absolute atomic E-state index is 0.0401. The Morgan fingerprint density at radius 1 is 1.19 bits per heavy atom. The number of benzene rings is 1. The first-order chi connectivity index (χ1) is 7.70. The highest BCUT2D eigenvalue weighted by Gasteiger charge is 2.11. The lowest BCUT2D eigenvalue weighted by Gasteiger charge is -2.01. The van der Waals surface area contributed by atoms with Crippen LogP contribution in [0.3, 0.4) is 0 Å². The van der Waals surface area contributed by atoms with Crippen molar-refractivity contribution in [2.24, 2.45) is 0 Å². The molecule has 0 spiro atoms. The zero-order valence-electron chi connectivity index (χ0n) is 8.57. The molecule has 1 aromatic carbocycles. The van der Waals surface area contributed by atoms with Gasteiger partial charge >= 0.3 is 0 Å². The third-order valence-corrected chi connectivity index (χ3v) is 3.77. The Kier molecular flexibility index (Phi) is 3.41. The summed E-state index contributed by atoms with van der Waals surface area (Å²) in [6.07, 6.45) is 0. The van der Waals surface area contributed by atoms with E-state index in [0.717, 1.165) is 14.4 Å². The summed E-state index contributed by atoms with van der Waals surface area (Å²) >= 11 is 4.78. The third-order valence-electron chi connectivity index (χ3n) is 2.15. The van der Waals surface area contributed by atoms with Gasteiger partial charge in [0.1, 0.15) is 5.75 Å². The molecule has 0 aliphatic heterocycles. The SMILES string of the molecule is COc1ccc(C(=O)c2ccc(Br)s2)cc1. The van der Waals surface area contributed by atoms with Gasteiger partial charge in [-0.1, -0.05) is 0 Å². The number of hydrogen-bond donors (Lipinski definition) is 0. The van der Waals surface area contributed by atoms with Crippen LogP contribution in [0.15, 0.2) is 40.2 Å². The molecule has 0 N–H and O–H groups in total. The molecular weight excluding hydrogens is 288 g/mol. The van der Waals surface area contributed by atoms with Crippen LogP contribution in [0.25, 0.3) is 0 Å². The fourth-order valence-electron chi connectivity index (χ4n) is 1.32. The lowest BCUT2D eigenvalue weighted by atomic mass is 10.1. The van der Waals surface area contributed by atoms with Gasteiger partial charge in [-0.05, 0) is 52.3 Å². The van der Waals surface area contributed by atoms with Gasteiger partial charge in [-0.25, -0.2) is 0 Å². The van der Waals surface area contributed by atoms with Crippen LogP contribution >= 0.6 is 27.3 Å². The van der Waals surface area contributed by atoms with Crippen molar-refractivity contribution in [3.05, 3.63) is 50.6 Å². The van der Waals surface area contributed by atoms with E-state index in [0.29, 0.717) is 5.56 Å². The number of rotatable bonds is 3. The minimum Gasteiger partial charge on any atom is -0.497 e. The normalized spacial score (nSPS) is 10.1. The molecule has 0 amide bonds. The summed E-state index contributed by atoms with van der Waals surface area (Å²) in [5.74, 6) is 0.794. The molecule has 0 bridgehead atoms. The van der Waals surface area contributed by atoms with Crippen molar-refractivity contribution in [2.75, 3.05) is 7.11 Å². The minimum atomic E-state index is 0.0401. The molecule has 0 atom stereocenters. The monoisotopic (exact) mass is 296 g/mol. The summed E-state index contributed by atoms with van der Waals surface area (Å²) in [4.78, 5) is 12.7. The van der Waals surface area contributed by atoms with E-state index in [2.05, 4.69) is 15.9 Å². The predicted molar refractivity (Wildman–Crippen MR) is 68.4 cm³/mol. The van der Waals surface area contributed by atoms with Crippen molar-refractivity contribution >= 4 is 33.0 Å². The molecule has 2 aromatic rings. The molecule has 1 heterocycles. The van der Waals surface area contributed by atoms with E-state index < -0.39 is 0 Å². The number of thiophene rings is 1. The number of ether oxygens (including phenoxy) is 1. The van der Waals surface area contributed by atoms with Gasteiger partial charge in [-0.3, -0.25) is 4.79 Å². The average Bonchev–Trinajstić information content (AvgIpc) is 2.75. The Morgan fingerprint density at radius 2 is 1.88 bits per heavy atom. The number of ketones is 1. The Balaban J connectivity index is 2.27. The van der Waals surface area contributed by atoms with Crippen molar-refractivity contribution < 1.29 is 9.53 Å². The molecule has 2 rings (SSSR count). The number of halogens is 1. The van der Waals surface area contributed by atoms with Crippen molar-refractivity contribution in [3.63, 3.8) is 0 Å². The van der Waals surface area contributed by atoms with Gasteiger partial charge in [0.05, 0.1) is 15.8 Å². The topological polar surface area (TPSA) is 26.3 Å². The summed E-state index contributed by atoms with van der Waals surface area (Å²) in [6.45, 7) is 0. The van der Waals surface area contributed by atoms with Gasteiger partial charge in [-0.15, -0.1) is 11.3 Å². The summed E-state index contributed by atoms with van der Waals surface area (Å²) < 4.78 is 6.00. The Labute approximate surface area is 106 Å². The van der Waals surface area contributed by atoms with Crippen LogP contribution in [0.1, 0.15) is 15.2 Å². The highest BCUT2D eigenvalue weighted by atomic mass is 79.9. The first-order valence-corrected chi connectivity index (χ1v) is 6.26. The molecule has 0 saturated heterocycles. The highest BCUT2D eigenvalue weighted by molar-refractivity contribution is 9.11.